The summed E-state index contributed by atoms with van der Waals surface area (Å²) in [6, 6.07) is 0. The molecule has 0 amide bonds. The molecule has 0 saturated heterocycles. The van der Waals surface area contributed by atoms with Crippen molar-refractivity contribution in [1.29, 1.82) is 0 Å². The first kappa shape index (κ1) is 10.4. The molecule has 84 valence electrons. The highest BCUT2D eigenvalue weighted by atomic mass is 32.2. The van der Waals surface area contributed by atoms with Crippen LogP contribution in [0.25, 0.3) is 0 Å². The van der Waals surface area contributed by atoms with Gasteiger partial charge in [0, 0.05) is 0 Å². The van der Waals surface area contributed by atoms with Crippen LogP contribution in [0.4, 0.5) is 5.95 Å². The van der Waals surface area contributed by atoms with Crippen molar-refractivity contribution in [3.8, 4) is 0 Å². The minimum absolute atomic E-state index is 0.0237. The smallest absolute Gasteiger partial charge is 0.245 e. The van der Waals surface area contributed by atoms with Crippen LogP contribution in [0.15, 0.2) is 5.16 Å². The van der Waals surface area contributed by atoms with Crippen LogP contribution in [0.3, 0.4) is 0 Å². The zero-order chi connectivity index (χ0) is 10.9. The predicted octanol–water partition coefficient (Wildman–Crippen LogP) is 0.493. The van der Waals surface area contributed by atoms with Gasteiger partial charge in [-0.05, 0) is 12.8 Å². The molecule has 1 fully saturated rings. The van der Waals surface area contributed by atoms with E-state index in [0.29, 0.717) is 12.8 Å². The van der Waals surface area contributed by atoms with E-state index in [-0.39, 0.29) is 16.4 Å². The van der Waals surface area contributed by atoms with Crippen molar-refractivity contribution in [1.82, 2.24) is 15.2 Å². The number of rotatable bonds is 2. The lowest BCUT2D eigenvalue weighted by Crippen LogP contribution is -2.25. The molecule has 0 atom stereocenters. The first-order valence-corrected chi connectivity index (χ1v) is 6.57. The van der Waals surface area contributed by atoms with E-state index in [1.54, 1.807) is 0 Å². The van der Waals surface area contributed by atoms with Gasteiger partial charge in [0.2, 0.25) is 20.9 Å². The molecule has 0 bridgehead atoms. The number of hydrogen-bond acceptors (Lipinski definition) is 5. The molecular weight excluding hydrogens is 216 g/mol. The number of H-pyrrole nitrogens is 1. The standard InChI is InChI=1S/C8H14N4O2S/c9-7-10-8(12-11-7)15(13,14)6-4-2-1-3-5-6/h6H,1-5H2,(H3,9,10,11,12). The fourth-order valence-electron chi connectivity index (χ4n) is 1.92. The van der Waals surface area contributed by atoms with Crippen molar-refractivity contribution in [2.75, 3.05) is 5.73 Å². The number of aromatic amines is 1. The number of aromatic nitrogens is 3. The van der Waals surface area contributed by atoms with Gasteiger partial charge >= 0.3 is 0 Å². The maximum atomic E-state index is 12.0. The Morgan fingerprint density at radius 3 is 2.47 bits per heavy atom. The number of anilines is 1. The van der Waals surface area contributed by atoms with Crippen molar-refractivity contribution >= 4 is 15.8 Å². The average Bonchev–Trinajstić information content (AvgIpc) is 2.67. The first-order valence-electron chi connectivity index (χ1n) is 5.02. The van der Waals surface area contributed by atoms with Crippen LogP contribution in [-0.4, -0.2) is 28.8 Å². The Kier molecular flexibility index (Phi) is 2.64. The van der Waals surface area contributed by atoms with Crippen molar-refractivity contribution in [2.45, 2.75) is 42.5 Å². The number of sulfone groups is 1. The lowest BCUT2D eigenvalue weighted by atomic mass is 10.0. The second-order valence-corrected chi connectivity index (χ2v) is 5.95. The Hall–Kier alpha value is -1.11. The zero-order valence-electron chi connectivity index (χ0n) is 8.31. The van der Waals surface area contributed by atoms with Crippen LogP contribution in [0.5, 0.6) is 0 Å². The Morgan fingerprint density at radius 2 is 1.93 bits per heavy atom. The highest BCUT2D eigenvalue weighted by Gasteiger charge is 2.31. The summed E-state index contributed by atoms with van der Waals surface area (Å²) in [7, 11) is -3.35. The van der Waals surface area contributed by atoms with E-state index in [4.69, 9.17) is 5.73 Å². The van der Waals surface area contributed by atoms with E-state index in [2.05, 4.69) is 15.2 Å². The van der Waals surface area contributed by atoms with Crippen molar-refractivity contribution in [3.05, 3.63) is 0 Å². The molecule has 1 aliphatic rings. The van der Waals surface area contributed by atoms with Gasteiger partial charge in [0.05, 0.1) is 5.25 Å². The van der Waals surface area contributed by atoms with Crippen molar-refractivity contribution in [2.24, 2.45) is 0 Å². The molecule has 0 aromatic carbocycles. The van der Waals surface area contributed by atoms with Crippen LogP contribution < -0.4 is 5.73 Å². The summed E-state index contributed by atoms with van der Waals surface area (Å²) < 4.78 is 24.0. The normalized spacial score (nSPS) is 19.2. The van der Waals surface area contributed by atoms with Crippen LogP contribution in [0.2, 0.25) is 0 Å². The van der Waals surface area contributed by atoms with Crippen LogP contribution in [-0.2, 0) is 9.84 Å². The summed E-state index contributed by atoms with van der Waals surface area (Å²) in [6.45, 7) is 0. The van der Waals surface area contributed by atoms with Gasteiger partial charge in [0.1, 0.15) is 0 Å². The van der Waals surface area contributed by atoms with Gasteiger partial charge in [-0.25, -0.2) is 13.5 Å². The van der Waals surface area contributed by atoms with Gasteiger partial charge < -0.3 is 5.73 Å². The molecule has 15 heavy (non-hydrogen) atoms. The molecule has 0 radical (unpaired) electrons. The van der Waals surface area contributed by atoms with E-state index in [1.165, 1.54) is 0 Å². The molecule has 6 nitrogen and oxygen atoms in total. The molecule has 3 N–H and O–H groups in total. The van der Waals surface area contributed by atoms with Crippen LogP contribution in [0.1, 0.15) is 32.1 Å². The zero-order valence-corrected chi connectivity index (χ0v) is 9.13. The fourth-order valence-corrected chi connectivity index (χ4v) is 3.58. The highest BCUT2D eigenvalue weighted by Crippen LogP contribution is 2.26. The van der Waals surface area contributed by atoms with Gasteiger partial charge in [0.15, 0.2) is 0 Å². The Balaban J connectivity index is 2.26. The molecule has 1 saturated carbocycles. The van der Waals surface area contributed by atoms with Gasteiger partial charge in [-0.15, -0.1) is 5.10 Å². The number of nitrogens with two attached hydrogens (primary N) is 1. The third-order valence-corrected chi connectivity index (χ3v) is 4.81. The summed E-state index contributed by atoms with van der Waals surface area (Å²) in [5, 5.41) is 5.50. The molecule has 1 aliphatic carbocycles. The van der Waals surface area contributed by atoms with Crippen molar-refractivity contribution in [3.63, 3.8) is 0 Å². The molecule has 1 aromatic heterocycles. The molecule has 1 aromatic rings. The Labute approximate surface area is 88.2 Å². The minimum Gasteiger partial charge on any atom is -0.366 e. The second kappa shape index (κ2) is 3.80. The molecule has 0 aliphatic heterocycles. The fraction of sp³-hybridized carbons (Fsp3) is 0.750. The summed E-state index contributed by atoms with van der Waals surface area (Å²) >= 11 is 0. The van der Waals surface area contributed by atoms with Crippen LogP contribution in [0, 0.1) is 0 Å². The number of nitrogens with zero attached hydrogens (tertiary/aromatic N) is 2. The van der Waals surface area contributed by atoms with E-state index in [1.807, 2.05) is 0 Å². The maximum Gasteiger partial charge on any atom is 0.245 e. The molecule has 7 heteroatoms. The monoisotopic (exact) mass is 230 g/mol. The van der Waals surface area contributed by atoms with Crippen LogP contribution >= 0.6 is 0 Å². The third-order valence-electron chi connectivity index (χ3n) is 2.74. The van der Waals surface area contributed by atoms with Gasteiger partial charge in [-0.1, -0.05) is 19.3 Å². The maximum absolute atomic E-state index is 12.0. The van der Waals surface area contributed by atoms with E-state index < -0.39 is 9.84 Å². The van der Waals surface area contributed by atoms with Gasteiger partial charge in [-0.2, -0.15) is 4.98 Å². The lowest BCUT2D eigenvalue weighted by Gasteiger charge is -2.19. The molecule has 2 rings (SSSR count). The van der Waals surface area contributed by atoms with E-state index >= 15 is 0 Å². The second-order valence-electron chi connectivity index (χ2n) is 3.80. The number of hydrogen-bond donors (Lipinski definition) is 2. The molecular formula is C8H14N4O2S. The molecule has 0 unspecified atom stereocenters. The van der Waals surface area contributed by atoms with Gasteiger partial charge in [-0.3, -0.25) is 0 Å². The number of nitrogen functional groups attached to an aromatic ring is 1. The van der Waals surface area contributed by atoms with Crippen molar-refractivity contribution < 1.29 is 8.42 Å². The van der Waals surface area contributed by atoms with E-state index in [0.717, 1.165) is 19.3 Å². The summed E-state index contributed by atoms with van der Waals surface area (Å²) in [5.41, 5.74) is 5.29. The molecule has 1 heterocycles. The predicted molar refractivity (Wildman–Crippen MR) is 54.9 cm³/mol. The van der Waals surface area contributed by atoms with Gasteiger partial charge in [0.25, 0.3) is 0 Å². The Morgan fingerprint density at radius 1 is 1.27 bits per heavy atom. The first-order chi connectivity index (χ1) is 7.10. The highest BCUT2D eigenvalue weighted by molar-refractivity contribution is 7.91. The summed E-state index contributed by atoms with van der Waals surface area (Å²) in [4.78, 5) is 3.68. The number of nitrogens with one attached hydrogen (secondary N) is 1. The average molecular weight is 230 g/mol. The topological polar surface area (TPSA) is 102 Å². The largest absolute Gasteiger partial charge is 0.366 e. The minimum atomic E-state index is -3.35. The quantitative estimate of drug-likeness (QED) is 0.770. The molecule has 0 spiro atoms. The summed E-state index contributed by atoms with van der Waals surface area (Å²) in [6.07, 6.45) is 4.47. The summed E-state index contributed by atoms with van der Waals surface area (Å²) in [5.74, 6) is -0.0237. The van der Waals surface area contributed by atoms with E-state index in [9.17, 15) is 8.42 Å². The SMILES string of the molecule is Nc1n[nH]c(S(=O)(=O)C2CCCCC2)n1. The Bertz CT molecular complexity index is 433. The third kappa shape index (κ3) is 1.97. The lowest BCUT2D eigenvalue weighted by molar-refractivity contribution is 0.480.